The molecule has 2 heterocycles. The van der Waals surface area contributed by atoms with Gasteiger partial charge in [0.05, 0.1) is 20.8 Å². The van der Waals surface area contributed by atoms with Gasteiger partial charge in [-0.05, 0) is 24.7 Å². The van der Waals surface area contributed by atoms with Gasteiger partial charge in [0, 0.05) is 6.42 Å². The van der Waals surface area contributed by atoms with Crippen LogP contribution < -0.4 is 10.2 Å². The van der Waals surface area contributed by atoms with Gasteiger partial charge >= 0.3 is 25.8 Å². The molecular weight excluding hydrogens is 471 g/mol. The summed E-state index contributed by atoms with van der Waals surface area (Å²) in [5.74, 6) is -1.10. The predicted molar refractivity (Wildman–Crippen MR) is 118 cm³/mol. The summed E-state index contributed by atoms with van der Waals surface area (Å²) in [7, 11) is -1.58. The molecule has 13 heteroatoms. The van der Waals surface area contributed by atoms with Gasteiger partial charge in [0.25, 0.3) is 0 Å². The van der Waals surface area contributed by atoms with Crippen molar-refractivity contribution in [2.45, 2.75) is 83.0 Å². The Labute approximate surface area is 199 Å². The molecule has 3 fully saturated rings. The zero-order chi connectivity index (χ0) is 25.3. The third-order valence-electron chi connectivity index (χ3n) is 6.00. The Balaban J connectivity index is 1.78. The van der Waals surface area contributed by atoms with Crippen LogP contribution in [0.4, 0.5) is 4.79 Å². The molecule has 0 aromatic heterocycles. The van der Waals surface area contributed by atoms with Gasteiger partial charge < -0.3 is 28.2 Å². The molecule has 194 valence electrons. The molecule has 3 rings (SSSR count). The Morgan fingerprint density at radius 2 is 1.59 bits per heavy atom. The minimum atomic E-state index is -4.05. The SMILES string of the molecule is COC(=O)C(CC(C)C)NP(=O)(NC(CC(C)C)C(=O)OC)OC[C@H]1O[C@H]2CC23OC(=O)OC13. The Hall–Kier alpha value is -1.72. The molecule has 4 unspecified atom stereocenters. The Bertz CT molecular complexity index is 800. The van der Waals surface area contributed by atoms with Crippen molar-refractivity contribution in [2.75, 3.05) is 20.8 Å². The first-order valence-corrected chi connectivity index (χ1v) is 13.1. The maximum absolute atomic E-state index is 14.0. The van der Waals surface area contributed by atoms with E-state index in [-0.39, 0.29) is 24.5 Å². The summed E-state index contributed by atoms with van der Waals surface area (Å²) >= 11 is 0. The second-order valence-corrected chi connectivity index (χ2v) is 11.6. The lowest BCUT2D eigenvalue weighted by Gasteiger charge is -2.30. The average Bonchev–Trinajstić information content (AvgIpc) is 3.19. The largest absolute Gasteiger partial charge is 0.509 e. The van der Waals surface area contributed by atoms with Crippen LogP contribution in [-0.2, 0) is 42.4 Å². The van der Waals surface area contributed by atoms with E-state index in [1.165, 1.54) is 14.2 Å². The van der Waals surface area contributed by atoms with Crippen molar-refractivity contribution in [3.8, 4) is 0 Å². The van der Waals surface area contributed by atoms with Crippen molar-refractivity contribution < 1.29 is 47.2 Å². The molecule has 1 saturated carbocycles. The van der Waals surface area contributed by atoms with E-state index in [1.54, 1.807) is 0 Å². The van der Waals surface area contributed by atoms with Gasteiger partial charge in [0.15, 0.2) is 11.7 Å². The first-order valence-electron chi connectivity index (χ1n) is 11.4. The lowest BCUT2D eigenvalue weighted by atomic mass is 10.1. The number of rotatable bonds is 13. The first kappa shape index (κ1) is 26.9. The van der Waals surface area contributed by atoms with Gasteiger partial charge in [-0.15, -0.1) is 0 Å². The van der Waals surface area contributed by atoms with Crippen molar-refractivity contribution in [2.24, 2.45) is 11.8 Å². The molecule has 0 aromatic carbocycles. The average molecular weight is 506 g/mol. The molecule has 1 aliphatic carbocycles. The van der Waals surface area contributed by atoms with Crippen molar-refractivity contribution in [1.29, 1.82) is 0 Å². The summed E-state index contributed by atoms with van der Waals surface area (Å²) in [6, 6.07) is -1.92. The van der Waals surface area contributed by atoms with Gasteiger partial charge in [0.1, 0.15) is 24.3 Å². The standard InChI is InChI=1S/C21H35N2O10P/c1-11(2)7-13(18(24)28-5)22-34(27,23-14(8-12(3)4)19(25)29-6)30-10-15-17-21(9-16(21)31-15)33-20(26)32-17/h11-17H,7-10H2,1-6H3,(H2,22,23,27)/t13?,14?,15-,16+,17?,21?,34?/m1/s1. The molecule has 0 bridgehead atoms. The molecule has 2 saturated heterocycles. The van der Waals surface area contributed by atoms with Crippen LogP contribution in [0.2, 0.25) is 0 Å². The summed E-state index contributed by atoms with van der Waals surface area (Å²) in [6.07, 6.45) is -1.31. The highest BCUT2D eigenvalue weighted by Gasteiger charge is 2.77. The highest BCUT2D eigenvalue weighted by molar-refractivity contribution is 7.54. The highest BCUT2D eigenvalue weighted by atomic mass is 31.2. The van der Waals surface area contributed by atoms with Crippen LogP contribution in [0.3, 0.4) is 0 Å². The maximum atomic E-state index is 14.0. The molecule has 3 aliphatic rings. The van der Waals surface area contributed by atoms with Crippen molar-refractivity contribution >= 4 is 25.8 Å². The van der Waals surface area contributed by atoms with E-state index in [9.17, 15) is 18.9 Å². The third kappa shape index (κ3) is 5.91. The Kier molecular flexibility index (Phi) is 8.29. The lowest BCUT2D eigenvalue weighted by Crippen LogP contribution is -2.46. The minimum Gasteiger partial charge on any atom is -0.468 e. The Morgan fingerprint density at radius 1 is 1.06 bits per heavy atom. The molecule has 12 nitrogen and oxygen atoms in total. The molecule has 0 amide bonds. The van der Waals surface area contributed by atoms with Crippen LogP contribution >= 0.6 is 7.67 Å². The second kappa shape index (κ2) is 10.5. The summed E-state index contributed by atoms with van der Waals surface area (Å²) in [5, 5.41) is 5.51. The molecule has 34 heavy (non-hydrogen) atoms. The fourth-order valence-electron chi connectivity index (χ4n) is 4.37. The quantitative estimate of drug-likeness (QED) is 0.214. The predicted octanol–water partition coefficient (Wildman–Crippen LogP) is 1.91. The van der Waals surface area contributed by atoms with E-state index in [0.717, 1.165) is 0 Å². The molecule has 1 spiro atoms. The van der Waals surface area contributed by atoms with Crippen LogP contribution in [0.5, 0.6) is 0 Å². The van der Waals surface area contributed by atoms with E-state index in [4.69, 9.17) is 28.2 Å². The van der Waals surface area contributed by atoms with E-state index < -0.39 is 55.7 Å². The fourth-order valence-corrected chi connectivity index (χ4v) is 6.20. The zero-order valence-corrected chi connectivity index (χ0v) is 21.3. The molecule has 0 aromatic rings. The van der Waals surface area contributed by atoms with Gasteiger partial charge in [-0.25, -0.2) is 15.0 Å². The molecule has 6 atom stereocenters. The van der Waals surface area contributed by atoms with Gasteiger partial charge in [-0.1, -0.05) is 27.7 Å². The molecule has 2 aliphatic heterocycles. The second-order valence-electron chi connectivity index (χ2n) is 9.73. The molecular formula is C21H35N2O10P. The van der Waals surface area contributed by atoms with E-state index >= 15 is 0 Å². The first-order chi connectivity index (χ1) is 15.9. The number of ether oxygens (including phenoxy) is 5. The van der Waals surface area contributed by atoms with Crippen molar-refractivity contribution in [3.05, 3.63) is 0 Å². The van der Waals surface area contributed by atoms with Gasteiger partial charge in [-0.2, -0.15) is 0 Å². The molecule has 0 radical (unpaired) electrons. The van der Waals surface area contributed by atoms with E-state index in [2.05, 4.69) is 10.2 Å². The monoisotopic (exact) mass is 506 g/mol. The fraction of sp³-hybridized carbons (Fsp3) is 0.857. The number of esters is 2. The summed E-state index contributed by atoms with van der Waals surface area (Å²) < 4.78 is 45.8. The zero-order valence-electron chi connectivity index (χ0n) is 20.4. The number of hydrogen-bond acceptors (Lipinski definition) is 10. The molecule has 2 N–H and O–H groups in total. The number of nitrogens with one attached hydrogen (secondary N) is 2. The number of hydrogen-bond donors (Lipinski definition) is 2. The summed E-state index contributed by atoms with van der Waals surface area (Å²) in [6.45, 7) is 7.37. The van der Waals surface area contributed by atoms with Crippen molar-refractivity contribution in [3.63, 3.8) is 0 Å². The van der Waals surface area contributed by atoms with Gasteiger partial charge in [-0.3, -0.25) is 14.2 Å². The smallest absolute Gasteiger partial charge is 0.468 e. The van der Waals surface area contributed by atoms with Crippen molar-refractivity contribution in [1.82, 2.24) is 10.2 Å². The number of methoxy groups -OCH3 is 2. The number of carbonyl (C=O) groups is 3. The third-order valence-corrected chi connectivity index (χ3v) is 7.82. The van der Waals surface area contributed by atoms with E-state index in [0.29, 0.717) is 19.3 Å². The van der Waals surface area contributed by atoms with E-state index in [1.807, 2.05) is 27.7 Å². The Morgan fingerprint density at radius 3 is 2.06 bits per heavy atom. The minimum absolute atomic E-state index is 0.0669. The topological polar surface area (TPSA) is 148 Å². The highest BCUT2D eigenvalue weighted by Crippen LogP contribution is 2.58. The van der Waals surface area contributed by atoms with Crippen LogP contribution in [0, 0.1) is 11.8 Å². The maximum Gasteiger partial charge on any atom is 0.509 e. The van der Waals surface area contributed by atoms with Crippen LogP contribution in [-0.4, -0.2) is 74.9 Å². The van der Waals surface area contributed by atoms with Crippen LogP contribution in [0.15, 0.2) is 0 Å². The number of carbonyl (C=O) groups excluding carboxylic acids is 3. The lowest BCUT2D eigenvalue weighted by molar-refractivity contribution is -0.143. The van der Waals surface area contributed by atoms with Gasteiger partial charge in [0.2, 0.25) is 0 Å². The summed E-state index contributed by atoms with van der Waals surface area (Å²) in [5.41, 5.74) is -0.811. The van der Waals surface area contributed by atoms with Crippen LogP contribution in [0.1, 0.15) is 47.0 Å². The normalized spacial score (nSPS) is 30.6. The summed E-state index contributed by atoms with van der Waals surface area (Å²) in [4.78, 5) is 36.4. The van der Waals surface area contributed by atoms with Crippen LogP contribution in [0.25, 0.3) is 0 Å².